The van der Waals surface area contributed by atoms with Gasteiger partial charge in [0.25, 0.3) is 0 Å². The second-order valence-corrected chi connectivity index (χ2v) is 11.0. The Kier molecular flexibility index (Phi) is 10.8. The summed E-state index contributed by atoms with van der Waals surface area (Å²) in [7, 11) is 4.83. The van der Waals surface area contributed by atoms with Gasteiger partial charge in [0.05, 0.1) is 0 Å². The van der Waals surface area contributed by atoms with Gasteiger partial charge in [0.15, 0.2) is 0 Å². The van der Waals surface area contributed by atoms with Crippen LogP contribution in [0, 0.1) is 0 Å². The fraction of sp³-hybridized carbons (Fsp3) is 0.778. The van der Waals surface area contributed by atoms with Crippen LogP contribution in [0.25, 0.3) is 0 Å². The van der Waals surface area contributed by atoms with Gasteiger partial charge in [-0.05, 0) is 41.5 Å². The normalized spacial score (nSPS) is 13.7. The molecule has 0 aromatic rings. The van der Waals surface area contributed by atoms with Crippen molar-refractivity contribution in [1.29, 1.82) is 0 Å². The van der Waals surface area contributed by atoms with Crippen molar-refractivity contribution < 1.29 is 38.9 Å². The summed E-state index contributed by atoms with van der Waals surface area (Å²) >= 11 is 0. The Morgan fingerprint density at radius 2 is 1.00 bits per heavy atom. The number of carbonyl (C=O) groups is 4. The van der Waals surface area contributed by atoms with Crippen LogP contribution in [-0.2, 0) is 19.1 Å². The van der Waals surface area contributed by atoms with Gasteiger partial charge in [-0.2, -0.15) is 0 Å². The van der Waals surface area contributed by atoms with Crippen molar-refractivity contribution in [2.75, 3.05) is 25.6 Å². The van der Waals surface area contributed by atoms with Gasteiger partial charge >= 0.3 is 24.1 Å². The second kappa shape index (κ2) is 11.5. The van der Waals surface area contributed by atoms with Gasteiger partial charge in [0.1, 0.15) is 23.3 Å². The summed E-state index contributed by atoms with van der Waals surface area (Å²) in [6, 6.07) is -2.33. The maximum atomic E-state index is 12.1. The molecule has 10 nitrogen and oxygen atoms in total. The van der Waals surface area contributed by atoms with Gasteiger partial charge in [0, 0.05) is 25.6 Å². The number of nitrogens with zero attached hydrogens (tertiary/aromatic N) is 2. The molecule has 0 aromatic heterocycles. The molecular formula is C18H32N2O8S2. The van der Waals surface area contributed by atoms with Crippen LogP contribution in [0.3, 0.4) is 0 Å². The standard InChI is InChI=1S/C18H32N2O8S2/c1-17(2,3)27-15(25)19(7)11(13(21)22)9-29-30-10-12(14(23)24)20(8)16(26)28-18(4,5)6/h11-12H,9-10H2,1-8H3,(H,21,22)(H,23,24)/t11-,12-/m0/s1. The number of amides is 2. The maximum absolute atomic E-state index is 12.1. The lowest BCUT2D eigenvalue weighted by molar-refractivity contribution is -0.142. The molecule has 0 rings (SSSR count). The van der Waals surface area contributed by atoms with Crippen molar-refractivity contribution in [2.45, 2.75) is 64.8 Å². The first kappa shape index (κ1) is 28.2. The number of hydrogen-bond donors (Lipinski definition) is 2. The fourth-order valence-corrected chi connectivity index (χ4v) is 4.38. The van der Waals surface area contributed by atoms with Gasteiger partial charge in [-0.15, -0.1) is 0 Å². The van der Waals surface area contributed by atoms with Crippen LogP contribution < -0.4 is 0 Å². The van der Waals surface area contributed by atoms with E-state index in [0.717, 1.165) is 31.4 Å². The van der Waals surface area contributed by atoms with E-state index in [1.807, 2.05) is 0 Å². The molecule has 12 heteroatoms. The van der Waals surface area contributed by atoms with E-state index < -0.39 is 47.4 Å². The number of carboxylic acids is 2. The summed E-state index contributed by atoms with van der Waals surface area (Å²) in [6.07, 6.45) is -1.54. The first-order valence-corrected chi connectivity index (χ1v) is 11.6. The molecule has 2 atom stereocenters. The highest BCUT2D eigenvalue weighted by Crippen LogP contribution is 2.26. The first-order valence-electron chi connectivity index (χ1n) is 9.08. The van der Waals surface area contributed by atoms with Gasteiger partial charge in [-0.1, -0.05) is 21.6 Å². The predicted octanol–water partition coefficient (Wildman–Crippen LogP) is 3.01. The third-order valence-electron chi connectivity index (χ3n) is 3.40. The molecule has 174 valence electrons. The van der Waals surface area contributed by atoms with Crippen LogP contribution in [0.5, 0.6) is 0 Å². The van der Waals surface area contributed by atoms with Crippen molar-refractivity contribution in [1.82, 2.24) is 9.80 Å². The minimum Gasteiger partial charge on any atom is -0.480 e. The highest BCUT2D eigenvalue weighted by atomic mass is 33.1. The molecule has 0 aromatic carbocycles. The monoisotopic (exact) mass is 468 g/mol. The zero-order valence-electron chi connectivity index (χ0n) is 18.6. The summed E-state index contributed by atoms with van der Waals surface area (Å²) in [4.78, 5) is 49.3. The van der Waals surface area contributed by atoms with Crippen LogP contribution in [0.4, 0.5) is 9.59 Å². The number of aliphatic carboxylic acids is 2. The highest BCUT2D eigenvalue weighted by Gasteiger charge is 2.32. The van der Waals surface area contributed by atoms with E-state index in [1.54, 1.807) is 41.5 Å². The topological polar surface area (TPSA) is 134 Å². The van der Waals surface area contributed by atoms with Gasteiger partial charge in [-0.25, -0.2) is 19.2 Å². The summed E-state index contributed by atoms with van der Waals surface area (Å²) in [5.41, 5.74) is -1.53. The Hall–Kier alpha value is -1.82. The van der Waals surface area contributed by atoms with E-state index in [1.165, 1.54) is 14.1 Å². The van der Waals surface area contributed by atoms with Gasteiger partial charge in [-0.3, -0.25) is 9.80 Å². The van der Waals surface area contributed by atoms with Gasteiger partial charge < -0.3 is 19.7 Å². The molecule has 2 amide bonds. The Morgan fingerprint density at radius 3 is 1.20 bits per heavy atom. The lowest BCUT2D eigenvalue weighted by Crippen LogP contribution is -2.46. The highest BCUT2D eigenvalue weighted by molar-refractivity contribution is 8.76. The second-order valence-electron chi connectivity index (χ2n) is 8.46. The third kappa shape index (κ3) is 10.8. The van der Waals surface area contributed by atoms with E-state index in [2.05, 4.69) is 0 Å². The van der Waals surface area contributed by atoms with Crippen molar-refractivity contribution in [3.63, 3.8) is 0 Å². The van der Waals surface area contributed by atoms with Gasteiger partial charge in [0.2, 0.25) is 0 Å². The quantitative estimate of drug-likeness (QED) is 0.384. The molecule has 0 spiro atoms. The molecule has 0 aliphatic carbocycles. The lowest BCUT2D eigenvalue weighted by Gasteiger charge is -2.29. The fourth-order valence-electron chi connectivity index (χ4n) is 1.84. The van der Waals surface area contributed by atoms with Crippen molar-refractivity contribution >= 4 is 45.7 Å². The predicted molar refractivity (Wildman–Crippen MR) is 116 cm³/mol. The van der Waals surface area contributed by atoms with Crippen LogP contribution in [0.1, 0.15) is 41.5 Å². The molecule has 0 heterocycles. The molecule has 30 heavy (non-hydrogen) atoms. The number of carboxylic acid groups (broad SMARTS) is 2. The third-order valence-corrected chi connectivity index (χ3v) is 5.79. The summed E-state index contributed by atoms with van der Waals surface area (Å²) < 4.78 is 10.4. The first-order chi connectivity index (χ1) is 13.5. The molecule has 0 saturated carbocycles. The van der Waals surface area contributed by atoms with E-state index >= 15 is 0 Å². The van der Waals surface area contributed by atoms with E-state index in [0.29, 0.717) is 0 Å². The van der Waals surface area contributed by atoms with Crippen LogP contribution in [0.2, 0.25) is 0 Å². The minimum absolute atomic E-state index is 0.00175. The Morgan fingerprint density at radius 1 is 0.733 bits per heavy atom. The van der Waals surface area contributed by atoms with Crippen LogP contribution in [0.15, 0.2) is 0 Å². The van der Waals surface area contributed by atoms with E-state index in [9.17, 15) is 29.4 Å². The van der Waals surface area contributed by atoms with E-state index in [-0.39, 0.29) is 11.5 Å². The zero-order chi connectivity index (χ0) is 23.9. The Bertz CT molecular complexity index is 577. The van der Waals surface area contributed by atoms with Crippen molar-refractivity contribution in [3.05, 3.63) is 0 Å². The molecule has 0 unspecified atom stereocenters. The average Bonchev–Trinajstić information content (AvgIpc) is 2.53. The van der Waals surface area contributed by atoms with Crippen LogP contribution in [-0.4, -0.2) is 93.0 Å². The molecule has 0 aliphatic rings. The molecule has 0 radical (unpaired) electrons. The van der Waals surface area contributed by atoms with E-state index in [4.69, 9.17) is 9.47 Å². The smallest absolute Gasteiger partial charge is 0.410 e. The minimum atomic E-state index is -1.21. The largest absolute Gasteiger partial charge is 0.480 e. The van der Waals surface area contributed by atoms with Crippen LogP contribution >= 0.6 is 21.6 Å². The SMILES string of the molecule is CN(C(=O)OC(C)(C)C)[C@@H](CSSC[C@@H](C(=O)O)N(C)C(=O)OC(C)(C)C)C(=O)O. The maximum Gasteiger partial charge on any atom is 0.410 e. The summed E-state index contributed by atoms with van der Waals surface area (Å²) in [5, 5.41) is 18.8. The number of carbonyl (C=O) groups excluding carboxylic acids is 2. The number of rotatable bonds is 9. The molecule has 0 fully saturated rings. The molecule has 0 bridgehead atoms. The summed E-state index contributed by atoms with van der Waals surface area (Å²) in [5.74, 6) is -2.43. The lowest BCUT2D eigenvalue weighted by atomic mass is 10.2. The van der Waals surface area contributed by atoms with Crippen molar-refractivity contribution in [2.24, 2.45) is 0 Å². The Labute approximate surface area is 185 Å². The van der Waals surface area contributed by atoms with Crippen molar-refractivity contribution in [3.8, 4) is 0 Å². The molecule has 2 N–H and O–H groups in total. The number of likely N-dealkylation sites (N-methyl/N-ethyl adjacent to an activating group) is 2. The zero-order valence-corrected chi connectivity index (χ0v) is 20.3. The number of ether oxygens (including phenoxy) is 2. The molecule has 0 aliphatic heterocycles. The summed E-state index contributed by atoms with van der Waals surface area (Å²) in [6.45, 7) is 10.0. The Balaban J connectivity index is 4.87. The molecular weight excluding hydrogens is 436 g/mol. The number of hydrogen-bond acceptors (Lipinski definition) is 8. The average molecular weight is 469 g/mol. The molecule has 0 saturated heterocycles.